The van der Waals surface area contributed by atoms with E-state index in [1.54, 1.807) is 12.1 Å². The van der Waals surface area contributed by atoms with E-state index in [1.165, 1.54) is 31.4 Å². The molecule has 2 aromatic carbocycles. The molecule has 0 aromatic heterocycles. The Morgan fingerprint density at radius 2 is 1.21 bits per heavy atom. The monoisotopic (exact) mass is 612 g/mol. The molecule has 15 nitrogen and oxygen atoms in total. The molecule has 2 aromatic rings. The molecule has 0 spiro atoms. The van der Waals surface area contributed by atoms with Crippen LogP contribution in [0.3, 0.4) is 0 Å². The lowest BCUT2D eigenvalue weighted by Crippen LogP contribution is -2.60. The number of carbonyl (C=O) groups excluding carboxylic acids is 1. The molecule has 4 rings (SSSR count). The molecule has 10 atom stereocenters. The highest BCUT2D eigenvalue weighted by Crippen LogP contribution is 2.42. The number of ether oxygens (including phenoxy) is 5. The molecule has 0 amide bonds. The molecule has 0 aliphatic carbocycles. The van der Waals surface area contributed by atoms with Crippen molar-refractivity contribution >= 4 is 5.78 Å². The number of ketones is 1. The standard InChI is InChI=1S/C28H36O15/c1-39-26-16(40-27-24(37)22(35)20(33)18(10-29)42-27)8-13(15(32)7-4-12-2-5-14(31)6-3-12)9-17(26)41-28-25(38)23(36)21(34)19(11-30)43-28/h2-3,5-6,8-9,18-25,27-31,33-38H,4,7,10-11H2,1H3/t18-,19-,20-,21-,22+,23+,24-,25-,27-,28-/m1/s1. The van der Waals surface area contributed by atoms with Gasteiger partial charge in [0.15, 0.2) is 17.3 Å². The number of benzene rings is 2. The number of aryl methyl sites for hydroxylation is 1. The maximum Gasteiger partial charge on any atom is 0.229 e. The van der Waals surface area contributed by atoms with Gasteiger partial charge < -0.3 is 69.6 Å². The Morgan fingerprint density at radius 1 is 0.744 bits per heavy atom. The number of aliphatic hydroxyl groups is 8. The summed E-state index contributed by atoms with van der Waals surface area (Å²) in [5, 5.41) is 90.2. The first-order valence-electron chi connectivity index (χ1n) is 13.5. The summed E-state index contributed by atoms with van der Waals surface area (Å²) in [4.78, 5) is 13.3. The number of rotatable bonds is 11. The van der Waals surface area contributed by atoms with Gasteiger partial charge in [-0.2, -0.15) is 0 Å². The number of aliphatic hydroxyl groups excluding tert-OH is 8. The molecule has 2 saturated heterocycles. The minimum absolute atomic E-state index is 0.00115. The molecule has 2 aliphatic rings. The summed E-state index contributed by atoms with van der Waals surface area (Å²) in [6.45, 7) is -1.44. The van der Waals surface area contributed by atoms with Crippen LogP contribution in [0.5, 0.6) is 23.0 Å². The van der Waals surface area contributed by atoms with Gasteiger partial charge in [-0.1, -0.05) is 12.1 Å². The van der Waals surface area contributed by atoms with Crippen molar-refractivity contribution in [1.82, 2.24) is 0 Å². The zero-order chi connectivity index (χ0) is 31.4. The summed E-state index contributed by atoms with van der Waals surface area (Å²) in [7, 11) is 1.21. The topological polar surface area (TPSA) is 245 Å². The van der Waals surface area contributed by atoms with Gasteiger partial charge in [-0.25, -0.2) is 0 Å². The SMILES string of the molecule is COc1c(O[C@@H]2O[C@H](CO)[C@@H](O)[C@H](O)[C@H]2O)cc(C(=O)CCc2ccc(O)cc2)cc1O[C@@H]1O[C@H](CO)[C@@H](O)[C@H](O)[C@H]1O. The van der Waals surface area contributed by atoms with Crippen LogP contribution in [0.2, 0.25) is 0 Å². The van der Waals surface area contributed by atoms with Gasteiger partial charge in [-0.05, 0) is 36.2 Å². The lowest BCUT2D eigenvalue weighted by atomic mass is 9.99. The first kappa shape index (κ1) is 32.8. The van der Waals surface area contributed by atoms with Crippen molar-refractivity contribution < 1.29 is 74.4 Å². The van der Waals surface area contributed by atoms with Crippen molar-refractivity contribution in [1.29, 1.82) is 0 Å². The van der Waals surface area contributed by atoms with E-state index in [4.69, 9.17) is 23.7 Å². The molecule has 43 heavy (non-hydrogen) atoms. The summed E-state index contributed by atoms with van der Waals surface area (Å²) >= 11 is 0. The van der Waals surface area contributed by atoms with Gasteiger partial charge in [-0.3, -0.25) is 4.79 Å². The number of methoxy groups -OCH3 is 1. The highest BCUT2D eigenvalue weighted by molar-refractivity contribution is 5.97. The molecule has 0 bridgehead atoms. The van der Waals surface area contributed by atoms with E-state index in [0.717, 1.165) is 5.56 Å². The molecule has 0 saturated carbocycles. The number of hydrogen-bond acceptors (Lipinski definition) is 15. The third kappa shape index (κ3) is 7.18. The number of Topliss-reactive ketones (excluding diaryl/α,β-unsaturated/α-hetero) is 1. The van der Waals surface area contributed by atoms with Crippen molar-refractivity contribution in [3.05, 3.63) is 47.5 Å². The first-order valence-corrected chi connectivity index (χ1v) is 13.5. The average molecular weight is 613 g/mol. The molecular formula is C28H36O15. The molecule has 2 aliphatic heterocycles. The van der Waals surface area contributed by atoms with Crippen molar-refractivity contribution in [2.75, 3.05) is 20.3 Å². The van der Waals surface area contributed by atoms with Crippen LogP contribution in [-0.2, 0) is 15.9 Å². The Balaban J connectivity index is 1.68. The Bertz CT molecular complexity index is 1160. The minimum Gasteiger partial charge on any atom is -0.508 e. The zero-order valence-electron chi connectivity index (χ0n) is 23.0. The molecule has 238 valence electrons. The number of hydrogen-bond donors (Lipinski definition) is 9. The van der Waals surface area contributed by atoms with Gasteiger partial charge in [0, 0.05) is 12.0 Å². The van der Waals surface area contributed by atoms with E-state index >= 15 is 0 Å². The Hall–Kier alpha value is -3.09. The fourth-order valence-electron chi connectivity index (χ4n) is 4.76. The predicted molar refractivity (Wildman–Crippen MR) is 143 cm³/mol. The lowest BCUT2D eigenvalue weighted by molar-refractivity contribution is -0.279. The van der Waals surface area contributed by atoms with Gasteiger partial charge in [-0.15, -0.1) is 0 Å². The van der Waals surface area contributed by atoms with Gasteiger partial charge in [0.2, 0.25) is 18.3 Å². The molecule has 0 unspecified atom stereocenters. The number of carbonyl (C=O) groups is 1. The quantitative estimate of drug-likeness (QED) is 0.120. The van der Waals surface area contributed by atoms with Gasteiger partial charge in [0.05, 0.1) is 20.3 Å². The second-order valence-electron chi connectivity index (χ2n) is 10.2. The van der Waals surface area contributed by atoms with Crippen LogP contribution in [0.15, 0.2) is 36.4 Å². The van der Waals surface area contributed by atoms with Crippen LogP contribution in [0.4, 0.5) is 0 Å². The number of phenolic OH excluding ortho intramolecular Hbond substituents is 1. The van der Waals surface area contributed by atoms with Crippen molar-refractivity contribution in [2.45, 2.75) is 74.3 Å². The minimum atomic E-state index is -1.80. The average Bonchev–Trinajstić information content (AvgIpc) is 3.00. The summed E-state index contributed by atoms with van der Waals surface area (Å²) in [5.74, 6) is -1.06. The molecule has 9 N–H and O–H groups in total. The van der Waals surface area contributed by atoms with Gasteiger partial charge >= 0.3 is 0 Å². The zero-order valence-corrected chi connectivity index (χ0v) is 23.0. The van der Waals surface area contributed by atoms with Crippen LogP contribution < -0.4 is 14.2 Å². The van der Waals surface area contributed by atoms with Crippen molar-refractivity contribution in [3.8, 4) is 23.0 Å². The molecular weight excluding hydrogens is 576 g/mol. The van der Waals surface area contributed by atoms with E-state index in [0.29, 0.717) is 0 Å². The summed E-state index contributed by atoms with van der Waals surface area (Å²) in [5.41, 5.74) is 0.758. The maximum absolute atomic E-state index is 13.3. The predicted octanol–water partition coefficient (Wildman–Crippen LogP) is -2.43. The van der Waals surface area contributed by atoms with Crippen LogP contribution >= 0.6 is 0 Å². The molecule has 2 fully saturated rings. The number of aromatic hydroxyl groups is 1. The van der Waals surface area contributed by atoms with E-state index in [1.807, 2.05) is 0 Å². The largest absolute Gasteiger partial charge is 0.508 e. The Morgan fingerprint density at radius 3 is 1.63 bits per heavy atom. The Labute approximate surface area is 245 Å². The fraction of sp³-hybridized carbons (Fsp3) is 0.536. The van der Waals surface area contributed by atoms with E-state index in [2.05, 4.69) is 0 Å². The van der Waals surface area contributed by atoms with Crippen molar-refractivity contribution in [2.24, 2.45) is 0 Å². The van der Waals surface area contributed by atoms with Gasteiger partial charge in [0.25, 0.3) is 0 Å². The van der Waals surface area contributed by atoms with E-state index < -0.39 is 80.4 Å². The normalized spacial score (nSPS) is 32.7. The lowest BCUT2D eigenvalue weighted by Gasteiger charge is -2.40. The van der Waals surface area contributed by atoms with E-state index in [-0.39, 0.29) is 41.4 Å². The van der Waals surface area contributed by atoms with Crippen LogP contribution in [0, 0.1) is 0 Å². The second-order valence-corrected chi connectivity index (χ2v) is 10.2. The van der Waals surface area contributed by atoms with Crippen LogP contribution in [0.25, 0.3) is 0 Å². The van der Waals surface area contributed by atoms with Crippen LogP contribution in [-0.4, -0.2) is 133 Å². The molecule has 2 heterocycles. The second kappa shape index (κ2) is 14.1. The third-order valence-electron chi connectivity index (χ3n) is 7.31. The smallest absolute Gasteiger partial charge is 0.229 e. The maximum atomic E-state index is 13.3. The Kier molecular flexibility index (Phi) is 10.8. The van der Waals surface area contributed by atoms with Crippen molar-refractivity contribution in [3.63, 3.8) is 0 Å². The van der Waals surface area contributed by atoms with Gasteiger partial charge in [0.1, 0.15) is 54.6 Å². The summed E-state index contributed by atoms with van der Waals surface area (Å²) < 4.78 is 27.8. The summed E-state index contributed by atoms with van der Waals surface area (Å²) in [6.07, 6.45) is -16.1. The third-order valence-corrected chi connectivity index (χ3v) is 7.31. The highest BCUT2D eigenvalue weighted by atomic mass is 16.7. The van der Waals surface area contributed by atoms with E-state index in [9.17, 15) is 50.8 Å². The van der Waals surface area contributed by atoms with Crippen LogP contribution in [0.1, 0.15) is 22.3 Å². The fourth-order valence-corrected chi connectivity index (χ4v) is 4.76. The summed E-state index contributed by atoms with van der Waals surface area (Å²) in [6, 6.07) is 8.76. The molecule has 15 heteroatoms. The number of phenols is 1. The molecule has 0 radical (unpaired) electrons. The highest BCUT2D eigenvalue weighted by Gasteiger charge is 2.46. The first-order chi connectivity index (χ1) is 20.5.